The Labute approximate surface area is 192 Å². The second-order valence-corrected chi connectivity index (χ2v) is 9.91. The Morgan fingerprint density at radius 1 is 1.12 bits per heavy atom. The van der Waals surface area contributed by atoms with Gasteiger partial charge in [-0.05, 0) is 66.4 Å². The summed E-state index contributed by atoms with van der Waals surface area (Å²) in [6, 6.07) is 5.23. The van der Waals surface area contributed by atoms with Gasteiger partial charge in [-0.25, -0.2) is 4.79 Å². The van der Waals surface area contributed by atoms with Gasteiger partial charge in [0.1, 0.15) is 18.2 Å². The van der Waals surface area contributed by atoms with Crippen molar-refractivity contribution in [2.45, 2.75) is 97.9 Å². The van der Waals surface area contributed by atoms with Crippen LogP contribution in [0.15, 0.2) is 18.2 Å². The van der Waals surface area contributed by atoms with Crippen molar-refractivity contribution in [1.82, 2.24) is 15.5 Å². The van der Waals surface area contributed by atoms with Crippen LogP contribution in [0.1, 0.15) is 83.0 Å². The number of nitrogens with zero attached hydrogens (tertiary/aromatic N) is 1. The topological polar surface area (TPSA) is 87.7 Å². The van der Waals surface area contributed by atoms with E-state index in [1.165, 1.54) is 0 Å². The van der Waals surface area contributed by atoms with Crippen molar-refractivity contribution >= 4 is 17.9 Å². The maximum atomic E-state index is 13.4. The van der Waals surface area contributed by atoms with Crippen LogP contribution in [0.25, 0.3) is 0 Å². The fourth-order valence-corrected chi connectivity index (χ4v) is 3.90. The molecule has 2 rings (SSSR count). The van der Waals surface area contributed by atoms with E-state index in [1.54, 1.807) is 25.7 Å². The van der Waals surface area contributed by atoms with Crippen molar-refractivity contribution in [2.75, 3.05) is 6.54 Å². The van der Waals surface area contributed by atoms with Crippen LogP contribution in [0, 0.1) is 13.8 Å². The number of amides is 3. The summed E-state index contributed by atoms with van der Waals surface area (Å²) >= 11 is 0. The minimum atomic E-state index is -0.742. The van der Waals surface area contributed by atoms with Crippen molar-refractivity contribution in [3.63, 3.8) is 0 Å². The van der Waals surface area contributed by atoms with Gasteiger partial charge in [-0.2, -0.15) is 0 Å². The van der Waals surface area contributed by atoms with Crippen molar-refractivity contribution in [3.8, 4) is 0 Å². The average molecular weight is 446 g/mol. The molecule has 7 heteroatoms. The number of alkyl carbamates (subject to hydrolysis) is 1. The lowest BCUT2D eigenvalue weighted by Crippen LogP contribution is -2.50. The number of nitrogens with one attached hydrogen (secondary N) is 2. The molecular formula is C25H39N3O4. The number of rotatable bonds is 9. The van der Waals surface area contributed by atoms with Gasteiger partial charge >= 0.3 is 6.09 Å². The number of hydrogen-bond donors (Lipinski definition) is 2. The SMILES string of the molecule is CCCC(C)NC(=O)C(c1cc(C)cc(C)c1)N(C(=O)CNC(=O)OC(C)(C)C)C1CC1. The van der Waals surface area contributed by atoms with Gasteiger partial charge in [0.15, 0.2) is 0 Å². The molecule has 0 aliphatic heterocycles. The first-order valence-electron chi connectivity index (χ1n) is 11.6. The third kappa shape index (κ3) is 7.84. The maximum absolute atomic E-state index is 13.4. The fourth-order valence-electron chi connectivity index (χ4n) is 3.90. The van der Waals surface area contributed by atoms with Gasteiger partial charge in [0.25, 0.3) is 0 Å². The highest BCUT2D eigenvalue weighted by Gasteiger charge is 2.41. The second-order valence-electron chi connectivity index (χ2n) is 9.91. The normalized spacial score (nSPS) is 15.5. The number of aryl methyl sites for hydroxylation is 2. The van der Waals surface area contributed by atoms with Crippen molar-refractivity contribution < 1.29 is 19.1 Å². The minimum Gasteiger partial charge on any atom is -0.444 e. The van der Waals surface area contributed by atoms with E-state index < -0.39 is 17.7 Å². The summed E-state index contributed by atoms with van der Waals surface area (Å²) in [4.78, 5) is 40.4. The number of carbonyl (C=O) groups is 3. The molecule has 1 fully saturated rings. The van der Waals surface area contributed by atoms with Crippen molar-refractivity contribution in [1.29, 1.82) is 0 Å². The highest BCUT2D eigenvalue weighted by molar-refractivity contribution is 5.91. The van der Waals surface area contributed by atoms with Crippen molar-refractivity contribution in [3.05, 3.63) is 34.9 Å². The average Bonchev–Trinajstić information content (AvgIpc) is 3.46. The largest absolute Gasteiger partial charge is 0.444 e. The van der Waals surface area contributed by atoms with Gasteiger partial charge in [0.2, 0.25) is 11.8 Å². The number of carbonyl (C=O) groups excluding carboxylic acids is 3. The van der Waals surface area contributed by atoms with E-state index in [4.69, 9.17) is 4.74 Å². The van der Waals surface area contributed by atoms with E-state index in [9.17, 15) is 14.4 Å². The summed E-state index contributed by atoms with van der Waals surface area (Å²) in [5.41, 5.74) is 2.21. The summed E-state index contributed by atoms with van der Waals surface area (Å²) < 4.78 is 5.25. The Morgan fingerprint density at radius 3 is 2.22 bits per heavy atom. The lowest BCUT2D eigenvalue weighted by molar-refractivity contribution is -0.141. The van der Waals surface area contributed by atoms with E-state index >= 15 is 0 Å². The molecule has 178 valence electrons. The molecule has 1 aliphatic rings. The van der Waals surface area contributed by atoms with Crippen LogP contribution in [0.2, 0.25) is 0 Å². The zero-order valence-corrected chi connectivity index (χ0v) is 20.6. The summed E-state index contributed by atoms with van der Waals surface area (Å²) in [5.74, 6) is -0.478. The van der Waals surface area contributed by atoms with Gasteiger partial charge in [0, 0.05) is 12.1 Å². The third-order valence-electron chi connectivity index (χ3n) is 5.21. The molecule has 32 heavy (non-hydrogen) atoms. The smallest absolute Gasteiger partial charge is 0.408 e. The van der Waals surface area contributed by atoms with Crippen LogP contribution in [-0.2, 0) is 14.3 Å². The highest BCUT2D eigenvalue weighted by atomic mass is 16.6. The summed E-state index contributed by atoms with van der Waals surface area (Å²) in [7, 11) is 0. The Morgan fingerprint density at radius 2 is 1.72 bits per heavy atom. The summed E-state index contributed by atoms with van der Waals surface area (Å²) in [6.45, 7) is 13.1. The molecule has 0 heterocycles. The molecule has 7 nitrogen and oxygen atoms in total. The molecule has 0 bridgehead atoms. The summed E-state index contributed by atoms with van der Waals surface area (Å²) in [6.07, 6.45) is 2.86. The lowest BCUT2D eigenvalue weighted by atomic mass is 9.98. The molecular weight excluding hydrogens is 406 g/mol. The van der Waals surface area contributed by atoms with Gasteiger partial charge < -0.3 is 20.3 Å². The molecule has 0 saturated heterocycles. The monoisotopic (exact) mass is 445 g/mol. The van der Waals surface area contributed by atoms with Crippen LogP contribution >= 0.6 is 0 Å². The molecule has 1 aromatic carbocycles. The fraction of sp³-hybridized carbons (Fsp3) is 0.640. The predicted molar refractivity (Wildman–Crippen MR) is 125 cm³/mol. The van der Waals surface area contributed by atoms with Crippen LogP contribution in [-0.4, -0.2) is 47.0 Å². The standard InChI is InChI=1S/C25H39N3O4/c1-8-9-18(4)27-23(30)22(19-13-16(2)12-17(3)14-19)28(20-10-11-20)21(29)15-26-24(31)32-25(5,6)7/h12-14,18,20,22H,8-11,15H2,1-7H3,(H,26,31)(H,27,30). The molecule has 0 spiro atoms. The van der Waals surface area contributed by atoms with E-state index in [0.29, 0.717) is 0 Å². The molecule has 1 saturated carbocycles. The van der Waals surface area contributed by atoms with Crippen molar-refractivity contribution in [2.24, 2.45) is 0 Å². The van der Waals surface area contributed by atoms with Gasteiger partial charge in [-0.15, -0.1) is 0 Å². The quantitative estimate of drug-likeness (QED) is 0.597. The molecule has 0 radical (unpaired) electrons. The van der Waals surface area contributed by atoms with Crippen LogP contribution in [0.5, 0.6) is 0 Å². The molecule has 1 aliphatic carbocycles. The van der Waals surface area contributed by atoms with Gasteiger partial charge in [-0.1, -0.05) is 42.7 Å². The zero-order chi connectivity index (χ0) is 24.1. The minimum absolute atomic E-state index is 0.0111. The van der Waals surface area contributed by atoms with Gasteiger partial charge in [0.05, 0.1) is 0 Å². The molecule has 1 aromatic rings. The zero-order valence-electron chi connectivity index (χ0n) is 20.6. The highest BCUT2D eigenvalue weighted by Crippen LogP contribution is 2.35. The third-order valence-corrected chi connectivity index (χ3v) is 5.21. The first kappa shape index (κ1) is 25.7. The van der Waals surface area contributed by atoms with Crippen LogP contribution < -0.4 is 10.6 Å². The lowest BCUT2D eigenvalue weighted by Gasteiger charge is -2.33. The Bertz CT molecular complexity index is 807. The summed E-state index contributed by atoms with van der Waals surface area (Å²) in [5, 5.41) is 5.63. The number of benzene rings is 1. The molecule has 2 atom stereocenters. The van der Waals surface area contributed by atoms with E-state index in [-0.39, 0.29) is 30.4 Å². The van der Waals surface area contributed by atoms with Crippen LogP contribution in [0.3, 0.4) is 0 Å². The first-order valence-corrected chi connectivity index (χ1v) is 11.6. The van der Waals surface area contributed by atoms with E-state index in [0.717, 1.165) is 42.4 Å². The second kappa shape index (κ2) is 10.8. The first-order chi connectivity index (χ1) is 14.9. The Balaban J connectivity index is 2.29. The van der Waals surface area contributed by atoms with Gasteiger partial charge in [-0.3, -0.25) is 9.59 Å². The molecule has 2 unspecified atom stereocenters. The molecule has 3 amide bonds. The van der Waals surface area contributed by atoms with E-state index in [2.05, 4.69) is 17.6 Å². The van der Waals surface area contributed by atoms with Crippen LogP contribution in [0.4, 0.5) is 4.79 Å². The number of hydrogen-bond acceptors (Lipinski definition) is 4. The van der Waals surface area contributed by atoms with E-state index in [1.807, 2.05) is 39.0 Å². The Kier molecular flexibility index (Phi) is 8.70. The maximum Gasteiger partial charge on any atom is 0.408 e. The Hall–Kier alpha value is -2.57. The molecule has 2 N–H and O–H groups in total. The number of ether oxygens (including phenoxy) is 1. The predicted octanol–water partition coefficient (Wildman–Crippen LogP) is 4.17. The molecule has 0 aromatic heterocycles.